The maximum absolute atomic E-state index is 12.2. The molecule has 0 fully saturated rings. The van der Waals surface area contributed by atoms with Gasteiger partial charge in [-0.15, -0.1) is 0 Å². The van der Waals surface area contributed by atoms with E-state index in [0.717, 1.165) is 4.47 Å². The van der Waals surface area contributed by atoms with Gasteiger partial charge in [0.2, 0.25) is 0 Å². The van der Waals surface area contributed by atoms with Crippen LogP contribution in [0.25, 0.3) is 0 Å². The Kier molecular flexibility index (Phi) is 5.43. The van der Waals surface area contributed by atoms with Gasteiger partial charge in [0.25, 0.3) is 5.91 Å². The van der Waals surface area contributed by atoms with Gasteiger partial charge in [-0.2, -0.15) is 0 Å². The van der Waals surface area contributed by atoms with Gasteiger partial charge < -0.3 is 10.0 Å². The molecule has 1 N–H and O–H groups in total. The van der Waals surface area contributed by atoms with Crippen LogP contribution in [0.4, 0.5) is 0 Å². The largest absolute Gasteiger partial charge is 0.395 e. The highest BCUT2D eigenvalue weighted by Gasteiger charge is 2.18. The van der Waals surface area contributed by atoms with Crippen molar-refractivity contribution in [2.45, 2.75) is 19.9 Å². The number of carbonyl (C=O) groups excluding carboxylic acids is 1. The lowest BCUT2D eigenvalue weighted by atomic mass is 10.1. The summed E-state index contributed by atoms with van der Waals surface area (Å²) in [5.41, 5.74) is 0.528. The molecule has 94 valence electrons. The van der Waals surface area contributed by atoms with Gasteiger partial charge in [-0.1, -0.05) is 11.6 Å². The monoisotopic (exact) mass is 319 g/mol. The molecule has 1 rings (SSSR count). The van der Waals surface area contributed by atoms with Crippen molar-refractivity contribution in [1.82, 2.24) is 4.90 Å². The summed E-state index contributed by atoms with van der Waals surface area (Å²) in [7, 11) is 0. The van der Waals surface area contributed by atoms with Gasteiger partial charge in [0.15, 0.2) is 0 Å². The quantitative estimate of drug-likeness (QED) is 0.926. The second-order valence-electron chi connectivity index (χ2n) is 3.94. The van der Waals surface area contributed by atoms with Crippen molar-refractivity contribution >= 4 is 33.4 Å². The topological polar surface area (TPSA) is 40.5 Å². The number of aliphatic hydroxyl groups excluding tert-OH is 1. The molecule has 3 nitrogen and oxygen atoms in total. The molecule has 1 amide bonds. The third-order valence-corrected chi connectivity index (χ3v) is 3.62. The van der Waals surface area contributed by atoms with Crippen molar-refractivity contribution in [3.63, 3.8) is 0 Å². The van der Waals surface area contributed by atoms with E-state index in [1.807, 2.05) is 13.8 Å². The van der Waals surface area contributed by atoms with Crippen LogP contribution in [0.2, 0.25) is 5.02 Å². The molecule has 1 aromatic rings. The molecule has 17 heavy (non-hydrogen) atoms. The molecule has 0 saturated carbocycles. The summed E-state index contributed by atoms with van der Waals surface area (Å²) < 4.78 is 0.758. The summed E-state index contributed by atoms with van der Waals surface area (Å²) >= 11 is 9.23. The highest BCUT2D eigenvalue weighted by Crippen LogP contribution is 2.24. The maximum Gasteiger partial charge on any atom is 0.254 e. The van der Waals surface area contributed by atoms with E-state index in [4.69, 9.17) is 16.7 Å². The molecule has 0 saturated heterocycles. The SMILES string of the molecule is CC(C)N(CCO)C(=O)c1ccc(Br)c(Cl)c1. The van der Waals surface area contributed by atoms with Crippen molar-refractivity contribution in [2.75, 3.05) is 13.2 Å². The standard InChI is InChI=1S/C12H15BrClNO2/c1-8(2)15(5-6-16)12(17)9-3-4-10(13)11(14)7-9/h3-4,7-8,16H,5-6H2,1-2H3. The summed E-state index contributed by atoms with van der Waals surface area (Å²) in [6.07, 6.45) is 0. The Hall–Kier alpha value is -0.580. The Balaban J connectivity index is 2.97. The number of rotatable bonds is 4. The fourth-order valence-corrected chi connectivity index (χ4v) is 1.92. The Labute approximate surface area is 115 Å². The van der Waals surface area contributed by atoms with E-state index in [1.54, 1.807) is 23.1 Å². The van der Waals surface area contributed by atoms with Crippen molar-refractivity contribution in [3.8, 4) is 0 Å². The normalized spacial score (nSPS) is 10.7. The highest BCUT2D eigenvalue weighted by atomic mass is 79.9. The van der Waals surface area contributed by atoms with Crippen molar-refractivity contribution in [3.05, 3.63) is 33.3 Å². The summed E-state index contributed by atoms with van der Waals surface area (Å²) in [4.78, 5) is 13.8. The molecule has 0 aliphatic rings. The zero-order valence-electron chi connectivity index (χ0n) is 9.78. The van der Waals surface area contributed by atoms with Gasteiger partial charge in [-0.25, -0.2) is 0 Å². The summed E-state index contributed by atoms with van der Waals surface area (Å²) in [5, 5.41) is 9.46. The Morgan fingerprint density at radius 3 is 2.65 bits per heavy atom. The minimum Gasteiger partial charge on any atom is -0.395 e. The van der Waals surface area contributed by atoms with Gasteiger partial charge in [-0.05, 0) is 48.0 Å². The number of aliphatic hydroxyl groups is 1. The molecule has 0 aliphatic heterocycles. The fourth-order valence-electron chi connectivity index (χ4n) is 1.50. The first kappa shape index (κ1) is 14.5. The molecule has 0 aromatic heterocycles. The molecule has 0 bridgehead atoms. The molecule has 0 unspecified atom stereocenters. The molecular weight excluding hydrogens is 305 g/mol. The Bertz CT molecular complexity index is 409. The molecule has 0 heterocycles. The fraction of sp³-hybridized carbons (Fsp3) is 0.417. The third kappa shape index (κ3) is 3.69. The van der Waals surface area contributed by atoms with Crippen molar-refractivity contribution in [1.29, 1.82) is 0 Å². The van der Waals surface area contributed by atoms with Gasteiger partial charge >= 0.3 is 0 Å². The van der Waals surface area contributed by atoms with Crippen LogP contribution in [-0.2, 0) is 0 Å². The number of nitrogens with zero attached hydrogens (tertiary/aromatic N) is 1. The van der Waals surface area contributed by atoms with E-state index in [2.05, 4.69) is 15.9 Å². The van der Waals surface area contributed by atoms with Crippen LogP contribution >= 0.6 is 27.5 Å². The predicted octanol–water partition coefficient (Wildman–Crippen LogP) is 2.95. The zero-order chi connectivity index (χ0) is 13.0. The molecule has 0 radical (unpaired) electrons. The molecule has 0 atom stereocenters. The molecular formula is C12H15BrClNO2. The number of amides is 1. The van der Waals surface area contributed by atoms with Gasteiger partial charge in [0.1, 0.15) is 0 Å². The first-order valence-corrected chi connectivity index (χ1v) is 6.51. The van der Waals surface area contributed by atoms with Crippen LogP contribution < -0.4 is 0 Å². The van der Waals surface area contributed by atoms with E-state index in [0.29, 0.717) is 17.1 Å². The first-order chi connectivity index (χ1) is 7.97. The number of benzene rings is 1. The second-order valence-corrected chi connectivity index (χ2v) is 5.21. The second kappa shape index (κ2) is 6.38. The molecule has 0 spiro atoms. The van der Waals surface area contributed by atoms with Gasteiger partial charge in [0.05, 0.1) is 11.6 Å². The van der Waals surface area contributed by atoms with Crippen molar-refractivity contribution in [2.24, 2.45) is 0 Å². The lowest BCUT2D eigenvalue weighted by Crippen LogP contribution is -2.39. The van der Waals surface area contributed by atoms with E-state index in [9.17, 15) is 4.79 Å². The van der Waals surface area contributed by atoms with Crippen LogP contribution in [0.1, 0.15) is 24.2 Å². The average Bonchev–Trinajstić information content (AvgIpc) is 2.28. The summed E-state index contributed by atoms with van der Waals surface area (Å²) in [6.45, 7) is 4.10. The zero-order valence-corrected chi connectivity index (χ0v) is 12.1. The first-order valence-electron chi connectivity index (χ1n) is 5.34. The number of hydrogen-bond acceptors (Lipinski definition) is 2. The minimum atomic E-state index is -0.122. The Morgan fingerprint density at radius 1 is 1.53 bits per heavy atom. The van der Waals surface area contributed by atoms with Crippen LogP contribution in [-0.4, -0.2) is 35.1 Å². The molecule has 0 aliphatic carbocycles. The lowest BCUT2D eigenvalue weighted by Gasteiger charge is -2.26. The summed E-state index contributed by atoms with van der Waals surface area (Å²) in [5.74, 6) is -0.122. The third-order valence-electron chi connectivity index (χ3n) is 2.39. The number of carbonyl (C=O) groups is 1. The lowest BCUT2D eigenvalue weighted by molar-refractivity contribution is 0.0665. The van der Waals surface area contributed by atoms with E-state index >= 15 is 0 Å². The highest BCUT2D eigenvalue weighted by molar-refractivity contribution is 9.10. The minimum absolute atomic E-state index is 0.0390. The van der Waals surface area contributed by atoms with E-state index in [1.165, 1.54) is 0 Å². The molecule has 1 aromatic carbocycles. The van der Waals surface area contributed by atoms with Crippen LogP contribution in [0.3, 0.4) is 0 Å². The maximum atomic E-state index is 12.2. The number of halogens is 2. The average molecular weight is 321 g/mol. The van der Waals surface area contributed by atoms with Gasteiger partial charge in [0, 0.05) is 22.6 Å². The van der Waals surface area contributed by atoms with E-state index < -0.39 is 0 Å². The van der Waals surface area contributed by atoms with Crippen LogP contribution in [0.5, 0.6) is 0 Å². The van der Waals surface area contributed by atoms with Gasteiger partial charge in [-0.3, -0.25) is 4.79 Å². The van der Waals surface area contributed by atoms with Crippen LogP contribution in [0, 0.1) is 0 Å². The predicted molar refractivity (Wildman–Crippen MR) is 72.4 cm³/mol. The van der Waals surface area contributed by atoms with Crippen molar-refractivity contribution < 1.29 is 9.90 Å². The van der Waals surface area contributed by atoms with E-state index in [-0.39, 0.29) is 18.6 Å². The smallest absolute Gasteiger partial charge is 0.254 e. The Morgan fingerprint density at radius 2 is 2.18 bits per heavy atom. The molecule has 5 heteroatoms. The number of hydrogen-bond donors (Lipinski definition) is 1. The summed E-state index contributed by atoms with van der Waals surface area (Å²) in [6, 6.07) is 5.12. The van der Waals surface area contributed by atoms with Crippen LogP contribution in [0.15, 0.2) is 22.7 Å².